The third-order valence-electron chi connectivity index (χ3n) is 4.56. The van der Waals surface area contributed by atoms with Crippen LogP contribution < -0.4 is 5.32 Å². The molecule has 1 aliphatic heterocycles. The lowest BCUT2D eigenvalue weighted by Gasteiger charge is -2.19. The first-order valence-electron chi connectivity index (χ1n) is 8.75. The lowest BCUT2D eigenvalue weighted by molar-refractivity contribution is -0.134. The van der Waals surface area contributed by atoms with Gasteiger partial charge in [0, 0.05) is 13.0 Å². The zero-order valence-electron chi connectivity index (χ0n) is 14.8. The fourth-order valence-corrected chi connectivity index (χ4v) is 3.20. The van der Waals surface area contributed by atoms with Gasteiger partial charge in [0.2, 0.25) is 11.8 Å². The number of likely N-dealkylation sites (tertiary alicyclic amines) is 1. The number of hydrogen-bond acceptors (Lipinski definition) is 3. The number of aromatic nitrogens is 2. The first-order valence-corrected chi connectivity index (χ1v) is 8.75. The van der Waals surface area contributed by atoms with Crippen LogP contribution in [0.25, 0.3) is 5.69 Å². The van der Waals surface area contributed by atoms with Crippen LogP contribution in [0.1, 0.15) is 37.1 Å². The third-order valence-corrected chi connectivity index (χ3v) is 4.56. The average molecular weight is 340 g/mol. The average Bonchev–Trinajstić information content (AvgIpc) is 2.76. The highest BCUT2D eigenvalue weighted by Gasteiger charge is 2.21. The van der Waals surface area contributed by atoms with E-state index in [0.717, 1.165) is 42.0 Å². The van der Waals surface area contributed by atoms with Gasteiger partial charge in [0.15, 0.2) is 0 Å². The van der Waals surface area contributed by atoms with Crippen molar-refractivity contribution in [2.75, 3.05) is 18.4 Å². The van der Waals surface area contributed by atoms with Crippen molar-refractivity contribution in [3.05, 3.63) is 41.7 Å². The Morgan fingerprint density at radius 2 is 1.92 bits per heavy atom. The van der Waals surface area contributed by atoms with Crippen molar-refractivity contribution in [2.24, 2.45) is 0 Å². The summed E-state index contributed by atoms with van der Waals surface area (Å²) < 4.78 is 1.82. The minimum absolute atomic E-state index is 0.0704. The summed E-state index contributed by atoms with van der Waals surface area (Å²) in [5.74, 6) is -0.102. The molecule has 0 radical (unpaired) electrons. The number of hydrogen-bond donors (Lipinski definition) is 1. The number of carbonyl (C=O) groups excluding carboxylic acids is 2. The number of anilines is 1. The van der Waals surface area contributed by atoms with Crippen LogP contribution in [0, 0.1) is 13.8 Å². The van der Waals surface area contributed by atoms with Gasteiger partial charge in [-0.25, -0.2) is 4.68 Å². The van der Waals surface area contributed by atoms with Crippen LogP contribution in [-0.2, 0) is 9.59 Å². The molecule has 1 aliphatic rings. The molecule has 1 N–H and O–H groups in total. The van der Waals surface area contributed by atoms with Crippen molar-refractivity contribution in [2.45, 2.75) is 39.5 Å². The van der Waals surface area contributed by atoms with E-state index in [0.29, 0.717) is 13.0 Å². The van der Waals surface area contributed by atoms with Gasteiger partial charge in [-0.3, -0.25) is 9.59 Å². The van der Waals surface area contributed by atoms with E-state index in [9.17, 15) is 9.59 Å². The van der Waals surface area contributed by atoms with E-state index >= 15 is 0 Å². The molecule has 1 aromatic heterocycles. The number of carbonyl (C=O) groups is 2. The predicted octanol–water partition coefficient (Wildman–Crippen LogP) is 2.83. The predicted molar refractivity (Wildman–Crippen MR) is 96.7 cm³/mol. The lowest BCUT2D eigenvalue weighted by Crippen LogP contribution is -2.37. The van der Waals surface area contributed by atoms with Crippen LogP contribution in [0.5, 0.6) is 0 Å². The molecule has 6 nitrogen and oxygen atoms in total. The highest BCUT2D eigenvalue weighted by atomic mass is 16.2. The number of aryl methyl sites for hydroxylation is 1. The maximum atomic E-state index is 12.4. The van der Waals surface area contributed by atoms with Crippen LogP contribution in [0.2, 0.25) is 0 Å². The van der Waals surface area contributed by atoms with Crippen molar-refractivity contribution in [3.63, 3.8) is 0 Å². The van der Waals surface area contributed by atoms with Crippen LogP contribution in [0.3, 0.4) is 0 Å². The van der Waals surface area contributed by atoms with Gasteiger partial charge in [0.05, 0.1) is 29.3 Å². The standard InChI is InChI=1S/C19H24N4O2/c1-14-19(15(2)23(21-14)16-9-5-3-6-10-16)20-17(24)13-22-12-8-4-7-11-18(22)25/h3,5-6,9-10H,4,7-8,11-13H2,1-2H3,(H,20,24). The SMILES string of the molecule is Cc1nn(-c2ccccc2)c(C)c1NC(=O)CN1CCCCCC1=O. The van der Waals surface area contributed by atoms with E-state index in [1.807, 2.05) is 48.9 Å². The number of nitrogens with zero attached hydrogens (tertiary/aromatic N) is 3. The smallest absolute Gasteiger partial charge is 0.244 e. The number of rotatable bonds is 4. The molecule has 1 fully saturated rings. The Kier molecular flexibility index (Phi) is 5.16. The molecule has 0 atom stereocenters. The first kappa shape index (κ1) is 17.2. The molecule has 2 heterocycles. The minimum atomic E-state index is -0.172. The Labute approximate surface area is 147 Å². The van der Waals surface area contributed by atoms with Gasteiger partial charge in [0.25, 0.3) is 0 Å². The normalized spacial score (nSPS) is 15.1. The van der Waals surface area contributed by atoms with E-state index in [2.05, 4.69) is 10.4 Å². The van der Waals surface area contributed by atoms with Crippen LogP contribution in [-0.4, -0.2) is 39.6 Å². The van der Waals surface area contributed by atoms with Gasteiger partial charge < -0.3 is 10.2 Å². The van der Waals surface area contributed by atoms with Crippen LogP contribution >= 0.6 is 0 Å². The molecular formula is C19H24N4O2. The van der Waals surface area contributed by atoms with Crippen molar-refractivity contribution >= 4 is 17.5 Å². The molecule has 0 spiro atoms. The van der Waals surface area contributed by atoms with Crippen LogP contribution in [0.15, 0.2) is 30.3 Å². The van der Waals surface area contributed by atoms with Gasteiger partial charge in [0.1, 0.15) is 0 Å². The quantitative estimate of drug-likeness (QED) is 0.930. The summed E-state index contributed by atoms with van der Waals surface area (Å²) in [6.45, 7) is 4.57. The molecule has 0 aliphatic carbocycles. The third kappa shape index (κ3) is 3.90. The summed E-state index contributed by atoms with van der Waals surface area (Å²) in [5, 5.41) is 7.47. The highest BCUT2D eigenvalue weighted by Crippen LogP contribution is 2.22. The summed E-state index contributed by atoms with van der Waals surface area (Å²) in [7, 11) is 0. The summed E-state index contributed by atoms with van der Waals surface area (Å²) in [6, 6.07) is 9.81. The molecule has 6 heteroatoms. The summed E-state index contributed by atoms with van der Waals surface area (Å²) in [6.07, 6.45) is 3.46. The number of nitrogens with one attached hydrogen (secondary N) is 1. The molecule has 0 saturated carbocycles. The van der Waals surface area contributed by atoms with Crippen molar-refractivity contribution in [3.8, 4) is 5.69 Å². The van der Waals surface area contributed by atoms with Crippen molar-refractivity contribution < 1.29 is 9.59 Å². The fraction of sp³-hybridized carbons (Fsp3) is 0.421. The van der Waals surface area contributed by atoms with E-state index in [-0.39, 0.29) is 18.4 Å². The Balaban J connectivity index is 1.73. The zero-order valence-corrected chi connectivity index (χ0v) is 14.8. The molecule has 2 aromatic rings. The Hall–Kier alpha value is -2.63. The van der Waals surface area contributed by atoms with Crippen molar-refractivity contribution in [1.82, 2.24) is 14.7 Å². The molecule has 0 bridgehead atoms. The first-order chi connectivity index (χ1) is 12.1. The lowest BCUT2D eigenvalue weighted by atomic mass is 10.2. The second-order valence-corrected chi connectivity index (χ2v) is 6.47. The largest absolute Gasteiger partial charge is 0.333 e. The minimum Gasteiger partial charge on any atom is -0.333 e. The summed E-state index contributed by atoms with van der Waals surface area (Å²) >= 11 is 0. The molecular weight excluding hydrogens is 316 g/mol. The zero-order chi connectivity index (χ0) is 17.8. The summed E-state index contributed by atoms with van der Waals surface area (Å²) in [5.41, 5.74) is 3.30. The fourth-order valence-electron chi connectivity index (χ4n) is 3.20. The Morgan fingerprint density at radius 3 is 2.68 bits per heavy atom. The van der Waals surface area contributed by atoms with Gasteiger partial charge in [-0.05, 0) is 38.8 Å². The topological polar surface area (TPSA) is 67.2 Å². The maximum Gasteiger partial charge on any atom is 0.244 e. The number of para-hydroxylation sites is 1. The highest BCUT2D eigenvalue weighted by molar-refractivity contribution is 5.95. The number of amides is 2. The van der Waals surface area contributed by atoms with Gasteiger partial charge in [-0.15, -0.1) is 0 Å². The Morgan fingerprint density at radius 1 is 1.16 bits per heavy atom. The van der Waals surface area contributed by atoms with Gasteiger partial charge in [-0.1, -0.05) is 24.6 Å². The van der Waals surface area contributed by atoms with Crippen molar-refractivity contribution in [1.29, 1.82) is 0 Å². The monoisotopic (exact) mass is 340 g/mol. The Bertz CT molecular complexity index is 767. The van der Waals surface area contributed by atoms with E-state index in [4.69, 9.17) is 0 Å². The molecule has 3 rings (SSSR count). The summed E-state index contributed by atoms with van der Waals surface area (Å²) in [4.78, 5) is 26.2. The second kappa shape index (κ2) is 7.51. The second-order valence-electron chi connectivity index (χ2n) is 6.47. The molecule has 132 valence electrons. The van der Waals surface area contributed by atoms with Gasteiger partial charge in [-0.2, -0.15) is 5.10 Å². The molecule has 1 saturated heterocycles. The maximum absolute atomic E-state index is 12.4. The molecule has 2 amide bonds. The molecule has 1 aromatic carbocycles. The van der Waals surface area contributed by atoms with Gasteiger partial charge >= 0.3 is 0 Å². The molecule has 25 heavy (non-hydrogen) atoms. The van der Waals surface area contributed by atoms with Crippen LogP contribution in [0.4, 0.5) is 5.69 Å². The van der Waals surface area contributed by atoms with E-state index < -0.39 is 0 Å². The van der Waals surface area contributed by atoms with E-state index in [1.54, 1.807) is 4.90 Å². The van der Waals surface area contributed by atoms with E-state index in [1.165, 1.54) is 0 Å². The molecule has 0 unspecified atom stereocenters. The number of benzene rings is 1.